The minimum atomic E-state index is -0.226. The second kappa shape index (κ2) is 8.14. The lowest BCUT2D eigenvalue weighted by Crippen LogP contribution is -2.07. The van der Waals surface area contributed by atoms with Crippen molar-refractivity contribution in [1.82, 2.24) is 24.7 Å². The molecule has 1 aliphatic carbocycles. The summed E-state index contributed by atoms with van der Waals surface area (Å²) in [5.74, 6) is 1.37. The number of methoxy groups -OCH3 is 1. The van der Waals surface area contributed by atoms with Crippen molar-refractivity contribution in [2.75, 3.05) is 12.4 Å². The van der Waals surface area contributed by atoms with Crippen LogP contribution in [-0.4, -0.2) is 31.8 Å². The second-order valence-corrected chi connectivity index (χ2v) is 7.35. The Morgan fingerprint density at radius 2 is 1.97 bits per heavy atom. The van der Waals surface area contributed by atoms with Gasteiger partial charge in [-0.3, -0.25) is 9.67 Å². The summed E-state index contributed by atoms with van der Waals surface area (Å²) < 4.78 is 21.5. The smallest absolute Gasteiger partial charge is 0.182 e. The SMILES string of the molecule is COc1cnc(-c2nn(Cc3ccccc3F)c3c2CCC3)nc1Nc1ccncc1. The van der Waals surface area contributed by atoms with Crippen LogP contribution < -0.4 is 10.1 Å². The van der Waals surface area contributed by atoms with E-state index in [2.05, 4.69) is 15.3 Å². The molecule has 0 radical (unpaired) electrons. The summed E-state index contributed by atoms with van der Waals surface area (Å²) in [6.45, 7) is 0.382. The van der Waals surface area contributed by atoms with Crippen LogP contribution in [0.15, 0.2) is 55.0 Å². The van der Waals surface area contributed by atoms with Crippen molar-refractivity contribution < 1.29 is 9.13 Å². The highest BCUT2D eigenvalue weighted by Crippen LogP contribution is 2.33. The van der Waals surface area contributed by atoms with Gasteiger partial charge in [-0.2, -0.15) is 5.10 Å². The number of benzene rings is 1. The summed E-state index contributed by atoms with van der Waals surface area (Å²) in [7, 11) is 1.58. The highest BCUT2D eigenvalue weighted by atomic mass is 19.1. The van der Waals surface area contributed by atoms with Gasteiger partial charge >= 0.3 is 0 Å². The molecule has 0 aliphatic heterocycles. The number of fused-ring (bicyclic) bond motifs is 1. The first-order chi connectivity index (χ1) is 15.2. The third kappa shape index (κ3) is 3.72. The molecule has 1 aromatic carbocycles. The van der Waals surface area contributed by atoms with Gasteiger partial charge in [0.1, 0.15) is 11.5 Å². The molecular formula is C23H21FN6O. The standard InChI is InChI=1S/C23H21FN6O/c1-31-20-13-26-23(28-22(20)27-16-9-11-25-12-10-16)21-17-6-4-8-19(17)30(29-21)14-15-5-2-3-7-18(15)24/h2-3,5,7,9-13H,4,6,8,14H2,1H3,(H,25,26,27,28). The van der Waals surface area contributed by atoms with Crippen molar-refractivity contribution in [3.63, 3.8) is 0 Å². The number of anilines is 2. The largest absolute Gasteiger partial charge is 0.491 e. The molecule has 1 N–H and O–H groups in total. The molecule has 4 aromatic rings. The van der Waals surface area contributed by atoms with Gasteiger partial charge in [0, 0.05) is 34.9 Å². The van der Waals surface area contributed by atoms with Crippen molar-refractivity contribution in [3.8, 4) is 17.3 Å². The number of hydrogen-bond donors (Lipinski definition) is 1. The quantitative estimate of drug-likeness (QED) is 0.509. The first-order valence-electron chi connectivity index (χ1n) is 10.1. The zero-order valence-electron chi connectivity index (χ0n) is 17.0. The third-order valence-electron chi connectivity index (χ3n) is 5.41. The van der Waals surface area contributed by atoms with Crippen LogP contribution in [0.4, 0.5) is 15.9 Å². The van der Waals surface area contributed by atoms with Crippen molar-refractivity contribution in [2.24, 2.45) is 0 Å². The van der Waals surface area contributed by atoms with Crippen molar-refractivity contribution >= 4 is 11.5 Å². The molecule has 7 nitrogen and oxygen atoms in total. The van der Waals surface area contributed by atoms with Crippen LogP contribution >= 0.6 is 0 Å². The number of nitrogens with zero attached hydrogens (tertiary/aromatic N) is 5. The van der Waals surface area contributed by atoms with Crippen LogP contribution in [0.3, 0.4) is 0 Å². The Morgan fingerprint density at radius 1 is 1.13 bits per heavy atom. The maximum atomic E-state index is 14.2. The van der Waals surface area contributed by atoms with E-state index in [1.807, 2.05) is 22.9 Å². The molecule has 156 valence electrons. The highest BCUT2D eigenvalue weighted by molar-refractivity contribution is 5.66. The molecule has 0 fully saturated rings. The van der Waals surface area contributed by atoms with Crippen LogP contribution in [0.1, 0.15) is 23.2 Å². The van der Waals surface area contributed by atoms with E-state index >= 15 is 0 Å². The van der Waals surface area contributed by atoms with Gasteiger partial charge in [-0.05, 0) is 37.5 Å². The van der Waals surface area contributed by atoms with Crippen LogP contribution in [-0.2, 0) is 19.4 Å². The van der Waals surface area contributed by atoms with Crippen molar-refractivity contribution in [1.29, 1.82) is 0 Å². The zero-order valence-corrected chi connectivity index (χ0v) is 17.0. The average molecular weight is 416 g/mol. The Kier molecular flexibility index (Phi) is 5.03. The molecule has 0 saturated heterocycles. The molecule has 0 atom stereocenters. The van der Waals surface area contributed by atoms with Crippen LogP contribution in [0.5, 0.6) is 5.75 Å². The molecule has 3 aromatic heterocycles. The van der Waals surface area contributed by atoms with Crippen molar-refractivity contribution in [3.05, 3.63) is 77.6 Å². The molecule has 0 bridgehead atoms. The minimum Gasteiger partial charge on any atom is -0.491 e. The van der Waals surface area contributed by atoms with E-state index in [1.54, 1.807) is 37.8 Å². The molecule has 0 saturated carbocycles. The van der Waals surface area contributed by atoms with E-state index < -0.39 is 0 Å². The summed E-state index contributed by atoms with van der Waals surface area (Å²) in [5.41, 5.74) is 4.46. The van der Waals surface area contributed by atoms with Gasteiger partial charge in [0.15, 0.2) is 17.4 Å². The number of rotatable bonds is 6. The summed E-state index contributed by atoms with van der Waals surface area (Å²) in [5, 5.41) is 8.04. The minimum absolute atomic E-state index is 0.226. The number of hydrogen-bond acceptors (Lipinski definition) is 6. The molecule has 3 heterocycles. The normalized spacial score (nSPS) is 12.6. The van der Waals surface area contributed by atoms with Gasteiger partial charge < -0.3 is 10.1 Å². The second-order valence-electron chi connectivity index (χ2n) is 7.35. The van der Waals surface area contributed by atoms with Gasteiger partial charge in [0.2, 0.25) is 0 Å². The number of ether oxygens (including phenoxy) is 1. The number of pyridine rings is 1. The van der Waals surface area contributed by atoms with Gasteiger partial charge in [0.25, 0.3) is 0 Å². The van der Waals surface area contributed by atoms with Gasteiger partial charge in [-0.15, -0.1) is 0 Å². The van der Waals surface area contributed by atoms with E-state index in [0.29, 0.717) is 29.5 Å². The van der Waals surface area contributed by atoms with Crippen LogP contribution in [0, 0.1) is 5.82 Å². The van der Waals surface area contributed by atoms with Crippen LogP contribution in [0.25, 0.3) is 11.5 Å². The Bertz CT molecular complexity index is 1220. The zero-order chi connectivity index (χ0) is 21.2. The molecular weight excluding hydrogens is 395 g/mol. The summed E-state index contributed by atoms with van der Waals surface area (Å²) in [6.07, 6.45) is 7.90. The van der Waals surface area contributed by atoms with Crippen molar-refractivity contribution in [2.45, 2.75) is 25.8 Å². The Hall–Kier alpha value is -3.81. The summed E-state index contributed by atoms with van der Waals surface area (Å²) in [6, 6.07) is 10.5. The van der Waals surface area contributed by atoms with E-state index in [1.165, 1.54) is 6.07 Å². The molecule has 0 unspecified atom stereocenters. The van der Waals surface area contributed by atoms with Gasteiger partial charge in [0.05, 0.1) is 19.9 Å². The molecule has 5 rings (SSSR count). The highest BCUT2D eigenvalue weighted by Gasteiger charge is 2.26. The Labute approximate surface area is 179 Å². The number of nitrogens with one attached hydrogen (secondary N) is 1. The molecule has 1 aliphatic rings. The van der Waals surface area contributed by atoms with Gasteiger partial charge in [-0.1, -0.05) is 18.2 Å². The summed E-state index contributed by atoms with van der Waals surface area (Å²) in [4.78, 5) is 13.2. The molecule has 0 amide bonds. The maximum absolute atomic E-state index is 14.2. The van der Waals surface area contributed by atoms with E-state index in [-0.39, 0.29) is 5.82 Å². The Balaban J connectivity index is 1.53. The first kappa shape index (κ1) is 19.2. The Morgan fingerprint density at radius 3 is 2.77 bits per heavy atom. The maximum Gasteiger partial charge on any atom is 0.182 e. The average Bonchev–Trinajstić information content (AvgIpc) is 3.40. The fraction of sp³-hybridized carbons (Fsp3) is 0.217. The van der Waals surface area contributed by atoms with Gasteiger partial charge in [-0.25, -0.2) is 14.4 Å². The topological polar surface area (TPSA) is 77.8 Å². The van der Waals surface area contributed by atoms with E-state index in [9.17, 15) is 4.39 Å². The van der Waals surface area contributed by atoms with Crippen LogP contribution in [0.2, 0.25) is 0 Å². The number of aromatic nitrogens is 5. The fourth-order valence-corrected chi connectivity index (χ4v) is 3.90. The molecule has 8 heteroatoms. The van der Waals surface area contributed by atoms with E-state index in [0.717, 1.165) is 41.9 Å². The molecule has 0 spiro atoms. The monoisotopic (exact) mass is 416 g/mol. The van der Waals surface area contributed by atoms with E-state index in [4.69, 9.17) is 14.8 Å². The third-order valence-corrected chi connectivity index (χ3v) is 5.41. The lowest BCUT2D eigenvalue weighted by atomic mass is 10.2. The predicted molar refractivity (Wildman–Crippen MR) is 115 cm³/mol. The predicted octanol–water partition coefficient (Wildman–Crippen LogP) is 4.16. The fourth-order valence-electron chi connectivity index (χ4n) is 3.90. The number of halogens is 1. The lowest BCUT2D eigenvalue weighted by Gasteiger charge is -2.11. The first-order valence-corrected chi connectivity index (χ1v) is 10.1. The lowest BCUT2D eigenvalue weighted by molar-refractivity contribution is 0.413. The molecule has 31 heavy (non-hydrogen) atoms. The summed E-state index contributed by atoms with van der Waals surface area (Å²) >= 11 is 0.